The Morgan fingerprint density at radius 3 is 2.47 bits per heavy atom. The van der Waals surface area contributed by atoms with Crippen LogP contribution in [0.5, 0.6) is 11.5 Å². The standard InChI is InChI=1S/C25H24BrN3O5/c1-32-24-15-19(16-27-20-4-8-21(9-5-20)28-10-12-33-13-11-28)14-23(26)25(24)34-17-18-2-6-22(7-3-18)29(30)31/h2-9,14-16H,10-13,17H2,1H3. The molecule has 0 atom stereocenters. The van der Waals surface area contributed by atoms with Gasteiger partial charge in [-0.3, -0.25) is 15.1 Å². The minimum atomic E-state index is -0.428. The fraction of sp³-hybridized carbons (Fsp3) is 0.240. The maximum atomic E-state index is 10.8. The third-order valence-corrected chi connectivity index (χ3v) is 5.96. The number of nitrogens with zero attached hydrogens (tertiary/aromatic N) is 3. The van der Waals surface area contributed by atoms with E-state index in [1.54, 1.807) is 25.5 Å². The van der Waals surface area contributed by atoms with E-state index in [1.807, 2.05) is 24.3 Å². The summed E-state index contributed by atoms with van der Waals surface area (Å²) in [5.41, 5.74) is 3.73. The number of morpholine rings is 1. The van der Waals surface area contributed by atoms with Gasteiger partial charge in [-0.05, 0) is 75.6 Å². The molecule has 176 valence electrons. The van der Waals surface area contributed by atoms with Crippen LogP contribution < -0.4 is 14.4 Å². The van der Waals surface area contributed by atoms with Gasteiger partial charge in [0.05, 0.1) is 35.4 Å². The second-order valence-electron chi connectivity index (χ2n) is 7.62. The van der Waals surface area contributed by atoms with E-state index in [9.17, 15) is 10.1 Å². The van der Waals surface area contributed by atoms with Gasteiger partial charge in [0, 0.05) is 37.1 Å². The van der Waals surface area contributed by atoms with E-state index in [0.29, 0.717) is 11.5 Å². The fourth-order valence-corrected chi connectivity index (χ4v) is 4.12. The molecule has 1 fully saturated rings. The maximum Gasteiger partial charge on any atom is 0.269 e. The number of aliphatic imine (C=N–C) groups is 1. The van der Waals surface area contributed by atoms with E-state index < -0.39 is 4.92 Å². The topological polar surface area (TPSA) is 86.4 Å². The van der Waals surface area contributed by atoms with Gasteiger partial charge in [-0.2, -0.15) is 0 Å². The Bertz CT molecular complexity index is 1160. The van der Waals surface area contributed by atoms with Crippen molar-refractivity contribution in [1.29, 1.82) is 0 Å². The molecule has 1 aliphatic heterocycles. The number of ether oxygens (including phenoxy) is 3. The highest BCUT2D eigenvalue weighted by Gasteiger charge is 2.13. The quantitative estimate of drug-likeness (QED) is 0.218. The number of hydrogen-bond donors (Lipinski definition) is 0. The lowest BCUT2D eigenvalue weighted by Gasteiger charge is -2.28. The molecule has 0 radical (unpaired) electrons. The van der Waals surface area contributed by atoms with Gasteiger partial charge in [0.25, 0.3) is 5.69 Å². The molecule has 0 amide bonds. The van der Waals surface area contributed by atoms with Crippen molar-refractivity contribution < 1.29 is 19.1 Å². The Labute approximate surface area is 206 Å². The van der Waals surface area contributed by atoms with Crippen molar-refractivity contribution in [2.75, 3.05) is 38.3 Å². The second-order valence-corrected chi connectivity index (χ2v) is 8.47. The number of non-ortho nitro benzene ring substituents is 1. The Morgan fingerprint density at radius 2 is 1.82 bits per heavy atom. The summed E-state index contributed by atoms with van der Waals surface area (Å²) in [7, 11) is 1.58. The molecular formula is C25H24BrN3O5. The van der Waals surface area contributed by atoms with E-state index >= 15 is 0 Å². The first kappa shape index (κ1) is 23.7. The van der Waals surface area contributed by atoms with Crippen molar-refractivity contribution in [3.63, 3.8) is 0 Å². The summed E-state index contributed by atoms with van der Waals surface area (Å²) in [5.74, 6) is 1.10. The van der Waals surface area contributed by atoms with Crippen molar-refractivity contribution in [1.82, 2.24) is 0 Å². The lowest BCUT2D eigenvalue weighted by atomic mass is 10.2. The number of benzene rings is 3. The van der Waals surface area contributed by atoms with Crippen LogP contribution in [-0.4, -0.2) is 44.6 Å². The number of rotatable bonds is 8. The van der Waals surface area contributed by atoms with Gasteiger partial charge >= 0.3 is 0 Å². The lowest BCUT2D eigenvalue weighted by molar-refractivity contribution is -0.384. The van der Waals surface area contributed by atoms with Crippen molar-refractivity contribution in [3.05, 3.63) is 86.4 Å². The molecule has 1 saturated heterocycles. The van der Waals surface area contributed by atoms with Crippen LogP contribution in [0.1, 0.15) is 11.1 Å². The normalized spacial score (nSPS) is 13.8. The highest BCUT2D eigenvalue weighted by atomic mass is 79.9. The maximum absolute atomic E-state index is 10.8. The molecule has 3 aromatic carbocycles. The Morgan fingerprint density at radius 1 is 1.12 bits per heavy atom. The zero-order valence-electron chi connectivity index (χ0n) is 18.6. The monoisotopic (exact) mass is 525 g/mol. The molecule has 0 N–H and O–H groups in total. The van der Waals surface area contributed by atoms with Crippen LogP contribution in [0, 0.1) is 10.1 Å². The summed E-state index contributed by atoms with van der Waals surface area (Å²) in [4.78, 5) is 17.3. The largest absolute Gasteiger partial charge is 0.493 e. The van der Waals surface area contributed by atoms with Crippen molar-refractivity contribution >= 4 is 39.2 Å². The fourth-order valence-electron chi connectivity index (χ4n) is 3.54. The van der Waals surface area contributed by atoms with Crippen LogP contribution in [0.25, 0.3) is 0 Å². The molecule has 1 aliphatic rings. The van der Waals surface area contributed by atoms with E-state index in [2.05, 4.69) is 38.0 Å². The number of nitro benzene ring substituents is 1. The van der Waals surface area contributed by atoms with E-state index in [0.717, 1.165) is 47.6 Å². The summed E-state index contributed by atoms with van der Waals surface area (Å²) < 4.78 is 17.6. The van der Waals surface area contributed by atoms with Crippen LogP contribution in [0.15, 0.2) is 70.1 Å². The molecule has 0 saturated carbocycles. The van der Waals surface area contributed by atoms with Gasteiger partial charge in [-0.15, -0.1) is 0 Å². The number of methoxy groups -OCH3 is 1. The Balaban J connectivity index is 1.43. The highest BCUT2D eigenvalue weighted by molar-refractivity contribution is 9.10. The number of nitro groups is 1. The molecule has 3 aromatic rings. The minimum absolute atomic E-state index is 0.0434. The molecule has 0 bridgehead atoms. The van der Waals surface area contributed by atoms with Gasteiger partial charge in [0.2, 0.25) is 0 Å². The van der Waals surface area contributed by atoms with Crippen LogP contribution in [0.4, 0.5) is 17.1 Å². The van der Waals surface area contributed by atoms with Crippen LogP contribution in [0.3, 0.4) is 0 Å². The summed E-state index contributed by atoms with van der Waals surface area (Å²) in [5, 5.41) is 10.8. The summed E-state index contributed by atoms with van der Waals surface area (Å²) in [6, 6.07) is 18.1. The van der Waals surface area contributed by atoms with Crippen molar-refractivity contribution in [3.8, 4) is 11.5 Å². The number of halogens is 1. The zero-order valence-corrected chi connectivity index (χ0v) is 20.2. The molecule has 1 heterocycles. The number of hydrogen-bond acceptors (Lipinski definition) is 7. The smallest absolute Gasteiger partial charge is 0.269 e. The van der Waals surface area contributed by atoms with E-state index in [4.69, 9.17) is 14.2 Å². The molecule has 0 aliphatic carbocycles. The van der Waals surface area contributed by atoms with Crippen LogP contribution in [-0.2, 0) is 11.3 Å². The molecule has 8 nitrogen and oxygen atoms in total. The third kappa shape index (κ3) is 5.92. The molecule has 0 aromatic heterocycles. The van der Waals surface area contributed by atoms with Gasteiger partial charge in [-0.1, -0.05) is 0 Å². The molecule has 34 heavy (non-hydrogen) atoms. The molecule has 4 rings (SSSR count). The first-order valence-electron chi connectivity index (χ1n) is 10.7. The van der Waals surface area contributed by atoms with Crippen LogP contribution >= 0.6 is 15.9 Å². The third-order valence-electron chi connectivity index (χ3n) is 5.37. The van der Waals surface area contributed by atoms with Gasteiger partial charge in [-0.25, -0.2) is 0 Å². The Kier molecular flexibility index (Phi) is 7.76. The highest BCUT2D eigenvalue weighted by Crippen LogP contribution is 2.37. The average molecular weight is 526 g/mol. The second kappa shape index (κ2) is 11.1. The number of anilines is 1. The minimum Gasteiger partial charge on any atom is -0.493 e. The van der Waals surface area contributed by atoms with Gasteiger partial charge in [0.15, 0.2) is 11.5 Å². The molecule has 0 spiro atoms. The molecular weight excluding hydrogens is 502 g/mol. The van der Waals surface area contributed by atoms with Gasteiger partial charge < -0.3 is 19.1 Å². The lowest BCUT2D eigenvalue weighted by Crippen LogP contribution is -2.36. The molecule has 0 unspecified atom stereocenters. The van der Waals surface area contributed by atoms with Gasteiger partial charge in [0.1, 0.15) is 6.61 Å². The predicted octanol–water partition coefficient (Wildman–Crippen LogP) is 5.53. The molecule has 9 heteroatoms. The SMILES string of the molecule is COc1cc(C=Nc2ccc(N3CCOCC3)cc2)cc(Br)c1OCc1ccc([N+](=O)[O-])cc1. The first-order valence-corrected chi connectivity index (χ1v) is 11.5. The van der Waals surface area contributed by atoms with E-state index in [1.165, 1.54) is 17.8 Å². The van der Waals surface area contributed by atoms with Crippen molar-refractivity contribution in [2.24, 2.45) is 4.99 Å². The summed E-state index contributed by atoms with van der Waals surface area (Å²) in [6.07, 6.45) is 1.77. The summed E-state index contributed by atoms with van der Waals surface area (Å²) in [6.45, 7) is 3.55. The predicted molar refractivity (Wildman–Crippen MR) is 135 cm³/mol. The summed E-state index contributed by atoms with van der Waals surface area (Å²) >= 11 is 3.55. The zero-order chi connectivity index (χ0) is 23.9. The van der Waals surface area contributed by atoms with Crippen LogP contribution in [0.2, 0.25) is 0 Å². The van der Waals surface area contributed by atoms with Crippen molar-refractivity contribution in [2.45, 2.75) is 6.61 Å². The van der Waals surface area contributed by atoms with E-state index in [-0.39, 0.29) is 12.3 Å². The average Bonchev–Trinajstić information content (AvgIpc) is 2.87. The first-order chi connectivity index (χ1) is 16.5. The Hall–Kier alpha value is -3.43.